The monoisotopic (exact) mass is 419 g/mol. The molecular formula is C16H16Cl2IN. The largest absolute Gasteiger partial charge is 0.310 e. The average Bonchev–Trinajstić information content (AvgIpc) is 2.41. The van der Waals surface area contributed by atoms with E-state index >= 15 is 0 Å². The molecule has 0 aromatic heterocycles. The highest BCUT2D eigenvalue weighted by atomic mass is 127. The molecule has 2 aromatic rings. The molecule has 0 heterocycles. The summed E-state index contributed by atoms with van der Waals surface area (Å²) in [6.45, 7) is 3.02. The van der Waals surface area contributed by atoms with Crippen molar-refractivity contribution in [3.8, 4) is 0 Å². The molecule has 0 fully saturated rings. The normalized spacial score (nSPS) is 12.4. The zero-order chi connectivity index (χ0) is 14.5. The van der Waals surface area contributed by atoms with E-state index in [1.807, 2.05) is 24.3 Å². The fourth-order valence-corrected chi connectivity index (χ4v) is 2.92. The van der Waals surface area contributed by atoms with Gasteiger partial charge in [-0.15, -0.1) is 0 Å². The van der Waals surface area contributed by atoms with Gasteiger partial charge in [-0.25, -0.2) is 0 Å². The zero-order valence-electron chi connectivity index (χ0n) is 11.2. The van der Waals surface area contributed by atoms with Crippen LogP contribution in [0.4, 0.5) is 0 Å². The Hall–Kier alpha value is -0.290. The van der Waals surface area contributed by atoms with Gasteiger partial charge in [-0.3, -0.25) is 0 Å². The van der Waals surface area contributed by atoms with Gasteiger partial charge in [-0.1, -0.05) is 48.3 Å². The SMILES string of the molecule is CCNC(Cc1cccc(Cl)c1)c1ccc(I)c(Cl)c1. The molecule has 20 heavy (non-hydrogen) atoms. The zero-order valence-corrected chi connectivity index (χ0v) is 14.8. The molecule has 0 radical (unpaired) electrons. The van der Waals surface area contributed by atoms with Gasteiger partial charge in [-0.2, -0.15) is 0 Å². The van der Waals surface area contributed by atoms with Crippen molar-refractivity contribution < 1.29 is 0 Å². The second-order valence-corrected chi connectivity index (χ2v) is 6.62. The summed E-state index contributed by atoms with van der Waals surface area (Å²) in [6.07, 6.45) is 0.894. The molecule has 1 atom stereocenters. The summed E-state index contributed by atoms with van der Waals surface area (Å²) in [6, 6.07) is 14.5. The second-order valence-electron chi connectivity index (χ2n) is 4.62. The van der Waals surface area contributed by atoms with Gasteiger partial charge in [0.05, 0.1) is 5.02 Å². The van der Waals surface area contributed by atoms with Crippen molar-refractivity contribution in [1.29, 1.82) is 0 Å². The van der Waals surface area contributed by atoms with Crippen LogP contribution in [0.3, 0.4) is 0 Å². The number of hydrogen-bond acceptors (Lipinski definition) is 1. The molecule has 0 aliphatic carbocycles. The standard InChI is InChI=1S/C16H16Cl2IN/c1-2-20-16(9-11-4-3-5-13(17)8-11)12-6-7-15(19)14(18)10-12/h3-8,10,16,20H,2,9H2,1H3. The summed E-state index contributed by atoms with van der Waals surface area (Å²) in [4.78, 5) is 0. The Morgan fingerprint density at radius 3 is 2.60 bits per heavy atom. The Labute approximate surface area is 143 Å². The van der Waals surface area contributed by atoms with Crippen LogP contribution in [0.5, 0.6) is 0 Å². The van der Waals surface area contributed by atoms with E-state index in [0.29, 0.717) is 0 Å². The molecule has 2 aromatic carbocycles. The molecule has 1 unspecified atom stereocenters. The lowest BCUT2D eigenvalue weighted by Crippen LogP contribution is -2.23. The van der Waals surface area contributed by atoms with E-state index in [1.54, 1.807) is 0 Å². The Morgan fingerprint density at radius 2 is 1.95 bits per heavy atom. The molecule has 1 nitrogen and oxygen atoms in total. The van der Waals surface area contributed by atoms with E-state index in [1.165, 1.54) is 11.1 Å². The summed E-state index contributed by atoms with van der Waals surface area (Å²) in [5.41, 5.74) is 2.43. The molecule has 4 heteroatoms. The van der Waals surface area contributed by atoms with Crippen LogP contribution in [-0.4, -0.2) is 6.54 Å². The average molecular weight is 420 g/mol. The molecular weight excluding hydrogens is 404 g/mol. The van der Waals surface area contributed by atoms with Crippen molar-refractivity contribution in [1.82, 2.24) is 5.32 Å². The third-order valence-electron chi connectivity index (χ3n) is 3.13. The first-order chi connectivity index (χ1) is 9.60. The minimum atomic E-state index is 0.243. The van der Waals surface area contributed by atoms with Crippen LogP contribution < -0.4 is 5.32 Å². The van der Waals surface area contributed by atoms with Gasteiger partial charge in [0.25, 0.3) is 0 Å². The molecule has 0 spiro atoms. The summed E-state index contributed by atoms with van der Waals surface area (Å²) in [5, 5.41) is 5.09. The van der Waals surface area contributed by atoms with Crippen LogP contribution in [0.25, 0.3) is 0 Å². The van der Waals surface area contributed by atoms with Crippen LogP contribution in [0, 0.1) is 3.57 Å². The lowest BCUT2D eigenvalue weighted by molar-refractivity contribution is 0.550. The third kappa shape index (κ3) is 4.35. The van der Waals surface area contributed by atoms with Gasteiger partial charge in [-0.05, 0) is 70.9 Å². The highest BCUT2D eigenvalue weighted by Gasteiger charge is 2.12. The van der Waals surface area contributed by atoms with Crippen molar-refractivity contribution in [3.63, 3.8) is 0 Å². The number of nitrogens with one attached hydrogen (secondary N) is 1. The summed E-state index contributed by atoms with van der Waals surface area (Å²) < 4.78 is 1.08. The summed E-state index contributed by atoms with van der Waals surface area (Å²) in [7, 11) is 0. The van der Waals surface area contributed by atoms with E-state index in [9.17, 15) is 0 Å². The van der Waals surface area contributed by atoms with Crippen LogP contribution in [0.1, 0.15) is 24.1 Å². The topological polar surface area (TPSA) is 12.0 Å². The van der Waals surface area contributed by atoms with E-state index in [0.717, 1.165) is 26.6 Å². The van der Waals surface area contributed by atoms with Crippen LogP contribution in [-0.2, 0) is 6.42 Å². The Balaban J connectivity index is 2.24. The summed E-state index contributed by atoms with van der Waals surface area (Å²) in [5.74, 6) is 0. The number of halogens is 3. The van der Waals surface area contributed by atoms with Crippen molar-refractivity contribution in [2.24, 2.45) is 0 Å². The van der Waals surface area contributed by atoms with Crippen molar-refractivity contribution in [3.05, 3.63) is 67.2 Å². The molecule has 0 aliphatic heterocycles. The van der Waals surface area contributed by atoms with Gasteiger partial charge in [0.2, 0.25) is 0 Å². The highest BCUT2D eigenvalue weighted by molar-refractivity contribution is 14.1. The fourth-order valence-electron chi connectivity index (χ4n) is 2.18. The first-order valence-electron chi connectivity index (χ1n) is 6.53. The number of benzene rings is 2. The first kappa shape index (κ1) is 16.1. The van der Waals surface area contributed by atoms with Crippen LogP contribution in [0.2, 0.25) is 10.0 Å². The van der Waals surface area contributed by atoms with Gasteiger partial charge < -0.3 is 5.32 Å². The lowest BCUT2D eigenvalue weighted by atomic mass is 9.99. The predicted octanol–water partition coefficient (Wildman–Crippen LogP) is 5.49. The van der Waals surface area contributed by atoms with Crippen LogP contribution >= 0.6 is 45.8 Å². The predicted molar refractivity (Wildman–Crippen MR) is 95.7 cm³/mol. The second kappa shape index (κ2) is 7.64. The van der Waals surface area contributed by atoms with Gasteiger partial charge in [0, 0.05) is 14.6 Å². The maximum atomic E-state index is 6.23. The molecule has 106 valence electrons. The number of rotatable bonds is 5. The molecule has 2 rings (SSSR count). The van der Waals surface area contributed by atoms with E-state index in [4.69, 9.17) is 23.2 Å². The smallest absolute Gasteiger partial charge is 0.0542 e. The number of hydrogen-bond donors (Lipinski definition) is 1. The van der Waals surface area contributed by atoms with E-state index < -0.39 is 0 Å². The molecule has 0 aliphatic rings. The third-order valence-corrected chi connectivity index (χ3v) is 4.93. The van der Waals surface area contributed by atoms with Crippen LogP contribution in [0.15, 0.2) is 42.5 Å². The fraction of sp³-hybridized carbons (Fsp3) is 0.250. The quantitative estimate of drug-likeness (QED) is 0.631. The van der Waals surface area contributed by atoms with Gasteiger partial charge in [0.1, 0.15) is 0 Å². The van der Waals surface area contributed by atoms with E-state index in [-0.39, 0.29) is 6.04 Å². The summed E-state index contributed by atoms with van der Waals surface area (Å²) >= 11 is 14.5. The molecule has 0 bridgehead atoms. The Morgan fingerprint density at radius 1 is 1.15 bits per heavy atom. The minimum absolute atomic E-state index is 0.243. The van der Waals surface area contributed by atoms with E-state index in [2.05, 4.69) is 53.0 Å². The molecule has 0 saturated carbocycles. The molecule has 0 amide bonds. The van der Waals surface area contributed by atoms with Crippen molar-refractivity contribution in [2.45, 2.75) is 19.4 Å². The van der Waals surface area contributed by atoms with Crippen molar-refractivity contribution >= 4 is 45.8 Å². The Kier molecular flexibility index (Phi) is 6.15. The minimum Gasteiger partial charge on any atom is -0.310 e. The first-order valence-corrected chi connectivity index (χ1v) is 8.36. The Bertz CT molecular complexity index is 586. The van der Waals surface area contributed by atoms with Gasteiger partial charge >= 0.3 is 0 Å². The molecule has 1 N–H and O–H groups in total. The van der Waals surface area contributed by atoms with Gasteiger partial charge in [0.15, 0.2) is 0 Å². The number of likely N-dealkylation sites (N-methyl/N-ethyl adjacent to an activating group) is 1. The maximum absolute atomic E-state index is 6.23. The highest BCUT2D eigenvalue weighted by Crippen LogP contribution is 2.26. The van der Waals surface area contributed by atoms with Crippen molar-refractivity contribution in [2.75, 3.05) is 6.54 Å². The molecule has 0 saturated heterocycles. The lowest BCUT2D eigenvalue weighted by Gasteiger charge is -2.19. The maximum Gasteiger partial charge on any atom is 0.0542 e.